The van der Waals surface area contributed by atoms with Crippen molar-refractivity contribution >= 4 is 23.5 Å². The van der Waals surface area contributed by atoms with Crippen molar-refractivity contribution in [2.75, 3.05) is 19.5 Å². The van der Waals surface area contributed by atoms with E-state index in [0.717, 1.165) is 11.3 Å². The van der Waals surface area contributed by atoms with E-state index in [9.17, 15) is 14.4 Å². The Morgan fingerprint density at radius 3 is 2.12 bits per heavy atom. The molecule has 0 aliphatic heterocycles. The zero-order chi connectivity index (χ0) is 24.1. The molecule has 1 heterocycles. The summed E-state index contributed by atoms with van der Waals surface area (Å²) < 4.78 is 11.1. The second-order valence-electron chi connectivity index (χ2n) is 7.10. The molecule has 0 radical (unpaired) electrons. The van der Waals surface area contributed by atoms with E-state index < -0.39 is 17.8 Å². The summed E-state index contributed by atoms with van der Waals surface area (Å²) in [5, 5.41) is 11.0. The molecule has 1 N–H and O–H groups in total. The molecule has 0 aliphatic carbocycles. The van der Waals surface area contributed by atoms with Crippen LogP contribution in [0.2, 0.25) is 0 Å². The summed E-state index contributed by atoms with van der Waals surface area (Å²) in [6.45, 7) is 0. The Bertz CT molecular complexity index is 1350. The van der Waals surface area contributed by atoms with Crippen LogP contribution in [0, 0.1) is 0 Å². The molecule has 9 heteroatoms. The van der Waals surface area contributed by atoms with Gasteiger partial charge in [-0.25, -0.2) is 14.3 Å². The van der Waals surface area contributed by atoms with Gasteiger partial charge >= 0.3 is 11.9 Å². The van der Waals surface area contributed by atoms with Gasteiger partial charge in [0.05, 0.1) is 36.7 Å². The highest BCUT2D eigenvalue weighted by molar-refractivity contribution is 6.10. The maximum Gasteiger partial charge on any atom is 0.339 e. The quantitative estimate of drug-likeness (QED) is 0.440. The zero-order valence-corrected chi connectivity index (χ0v) is 18.4. The minimum Gasteiger partial charge on any atom is -0.465 e. The maximum atomic E-state index is 13.4. The van der Waals surface area contributed by atoms with E-state index >= 15 is 0 Å². The van der Waals surface area contributed by atoms with Crippen LogP contribution in [0.4, 0.5) is 5.69 Å². The van der Waals surface area contributed by atoms with E-state index in [-0.39, 0.29) is 22.5 Å². The Balaban J connectivity index is 1.80. The topological polar surface area (TPSA) is 112 Å². The Kier molecular flexibility index (Phi) is 6.45. The first-order valence-electron chi connectivity index (χ1n) is 10.2. The number of nitrogens with zero attached hydrogens (tertiary/aromatic N) is 3. The number of amides is 1. The lowest BCUT2D eigenvalue weighted by atomic mass is 10.1. The summed E-state index contributed by atoms with van der Waals surface area (Å²) >= 11 is 0. The lowest BCUT2D eigenvalue weighted by molar-refractivity contribution is 0.0587. The normalized spacial score (nSPS) is 10.4. The van der Waals surface area contributed by atoms with Crippen molar-refractivity contribution in [3.8, 4) is 16.9 Å². The standard InChI is InChI=1S/C25H20N4O5/c1-33-24(31)17-13-14-19(25(32)34-2)20(15-17)26-23(30)21-22(16-9-5-3-6-10-16)29(28-27-21)18-11-7-4-8-12-18/h3-15H,1-2H3,(H,26,30). The molecule has 9 nitrogen and oxygen atoms in total. The fourth-order valence-corrected chi connectivity index (χ4v) is 3.40. The van der Waals surface area contributed by atoms with Crippen molar-refractivity contribution in [3.05, 3.63) is 95.7 Å². The van der Waals surface area contributed by atoms with Gasteiger partial charge in [-0.2, -0.15) is 0 Å². The van der Waals surface area contributed by atoms with Crippen molar-refractivity contribution in [2.24, 2.45) is 0 Å². The largest absolute Gasteiger partial charge is 0.465 e. The number of esters is 2. The van der Waals surface area contributed by atoms with Gasteiger partial charge in [-0.1, -0.05) is 53.7 Å². The number of benzene rings is 3. The van der Waals surface area contributed by atoms with E-state index in [2.05, 4.69) is 15.6 Å². The molecule has 4 aromatic rings. The van der Waals surface area contributed by atoms with Crippen LogP contribution in [0.1, 0.15) is 31.2 Å². The third kappa shape index (κ3) is 4.40. The van der Waals surface area contributed by atoms with E-state index in [4.69, 9.17) is 9.47 Å². The first-order chi connectivity index (χ1) is 16.5. The molecule has 0 aliphatic rings. The van der Waals surface area contributed by atoms with E-state index in [1.54, 1.807) is 4.68 Å². The molecule has 0 atom stereocenters. The summed E-state index contributed by atoms with van der Waals surface area (Å²) in [6, 6.07) is 22.6. The molecule has 0 bridgehead atoms. The number of hydrogen-bond donors (Lipinski definition) is 1. The van der Waals surface area contributed by atoms with Crippen molar-refractivity contribution in [1.29, 1.82) is 0 Å². The van der Waals surface area contributed by atoms with Crippen LogP contribution in [-0.4, -0.2) is 47.1 Å². The van der Waals surface area contributed by atoms with Crippen molar-refractivity contribution in [1.82, 2.24) is 15.0 Å². The fourth-order valence-electron chi connectivity index (χ4n) is 3.40. The lowest BCUT2D eigenvalue weighted by Gasteiger charge is -2.12. The van der Waals surface area contributed by atoms with Crippen LogP contribution in [0.25, 0.3) is 16.9 Å². The van der Waals surface area contributed by atoms with E-state index in [0.29, 0.717) is 5.69 Å². The van der Waals surface area contributed by atoms with Crippen LogP contribution in [-0.2, 0) is 9.47 Å². The number of carbonyl (C=O) groups is 3. The SMILES string of the molecule is COC(=O)c1ccc(C(=O)OC)c(NC(=O)c2nnn(-c3ccccc3)c2-c2ccccc2)c1. The molecule has 0 fully saturated rings. The predicted molar refractivity (Wildman–Crippen MR) is 124 cm³/mol. The average molecular weight is 456 g/mol. The van der Waals surface area contributed by atoms with Crippen molar-refractivity contribution < 1.29 is 23.9 Å². The highest BCUT2D eigenvalue weighted by atomic mass is 16.5. The molecular weight excluding hydrogens is 436 g/mol. The number of para-hydroxylation sites is 1. The summed E-state index contributed by atoms with van der Waals surface area (Å²) in [7, 11) is 2.46. The molecule has 3 aromatic carbocycles. The van der Waals surface area contributed by atoms with Crippen LogP contribution in [0.3, 0.4) is 0 Å². The number of hydrogen-bond acceptors (Lipinski definition) is 7. The summed E-state index contributed by atoms with van der Waals surface area (Å²) in [5.74, 6) is -1.91. The number of methoxy groups -OCH3 is 2. The van der Waals surface area contributed by atoms with Crippen molar-refractivity contribution in [3.63, 3.8) is 0 Å². The van der Waals surface area contributed by atoms with Gasteiger partial charge in [-0.3, -0.25) is 4.79 Å². The van der Waals surface area contributed by atoms with Crippen molar-refractivity contribution in [2.45, 2.75) is 0 Å². The molecule has 0 spiro atoms. The molecule has 34 heavy (non-hydrogen) atoms. The number of ether oxygens (including phenoxy) is 2. The van der Waals surface area contributed by atoms with Gasteiger partial charge in [0.25, 0.3) is 5.91 Å². The molecule has 170 valence electrons. The van der Waals surface area contributed by atoms with Gasteiger partial charge in [-0.05, 0) is 30.3 Å². The monoisotopic (exact) mass is 456 g/mol. The van der Waals surface area contributed by atoms with Gasteiger partial charge in [0.2, 0.25) is 0 Å². The summed E-state index contributed by atoms with van der Waals surface area (Å²) in [5.41, 5.74) is 2.24. The summed E-state index contributed by atoms with van der Waals surface area (Å²) in [4.78, 5) is 37.6. The van der Waals surface area contributed by atoms with Crippen LogP contribution < -0.4 is 5.32 Å². The smallest absolute Gasteiger partial charge is 0.339 e. The van der Waals surface area contributed by atoms with E-state index in [1.807, 2.05) is 60.7 Å². The molecule has 1 amide bonds. The minimum atomic E-state index is -0.678. The second kappa shape index (κ2) is 9.78. The lowest BCUT2D eigenvalue weighted by Crippen LogP contribution is -2.18. The number of anilines is 1. The molecule has 4 rings (SSSR count). The third-order valence-corrected chi connectivity index (χ3v) is 5.03. The third-order valence-electron chi connectivity index (χ3n) is 5.03. The molecule has 0 unspecified atom stereocenters. The van der Waals surface area contributed by atoms with Gasteiger partial charge < -0.3 is 14.8 Å². The van der Waals surface area contributed by atoms with Crippen LogP contribution in [0.15, 0.2) is 78.9 Å². The first-order valence-corrected chi connectivity index (χ1v) is 10.2. The molecule has 0 saturated heterocycles. The summed E-state index contributed by atoms with van der Waals surface area (Å²) in [6.07, 6.45) is 0. The molecule has 0 saturated carbocycles. The number of aromatic nitrogens is 3. The van der Waals surface area contributed by atoms with Gasteiger partial charge in [-0.15, -0.1) is 5.10 Å². The Hall–Kier alpha value is -4.79. The Morgan fingerprint density at radius 1 is 0.824 bits per heavy atom. The average Bonchev–Trinajstić information content (AvgIpc) is 3.34. The van der Waals surface area contributed by atoms with Gasteiger partial charge in [0.1, 0.15) is 5.69 Å². The Morgan fingerprint density at radius 2 is 1.47 bits per heavy atom. The molecule has 1 aromatic heterocycles. The van der Waals surface area contributed by atoms with Crippen LogP contribution in [0.5, 0.6) is 0 Å². The highest BCUT2D eigenvalue weighted by Crippen LogP contribution is 2.27. The number of carbonyl (C=O) groups excluding carboxylic acids is 3. The Labute approximate surface area is 194 Å². The zero-order valence-electron chi connectivity index (χ0n) is 18.4. The first kappa shape index (κ1) is 22.4. The highest BCUT2D eigenvalue weighted by Gasteiger charge is 2.24. The van der Waals surface area contributed by atoms with Gasteiger partial charge in [0, 0.05) is 5.56 Å². The fraction of sp³-hybridized carbons (Fsp3) is 0.0800. The number of nitrogens with one attached hydrogen (secondary N) is 1. The van der Waals surface area contributed by atoms with Crippen LogP contribution >= 0.6 is 0 Å². The molecular formula is C25H20N4O5. The number of rotatable bonds is 6. The predicted octanol–water partition coefficient (Wildman–Crippen LogP) is 3.76. The second-order valence-corrected chi connectivity index (χ2v) is 7.10. The van der Waals surface area contributed by atoms with E-state index in [1.165, 1.54) is 32.4 Å². The maximum absolute atomic E-state index is 13.4. The van der Waals surface area contributed by atoms with Gasteiger partial charge in [0.15, 0.2) is 5.69 Å². The minimum absolute atomic E-state index is 0.0364.